The molecule has 0 spiro atoms. The van der Waals surface area contributed by atoms with Crippen LogP contribution in [0.4, 0.5) is 4.39 Å². The summed E-state index contributed by atoms with van der Waals surface area (Å²) >= 11 is 1.44. The third-order valence-corrected chi connectivity index (χ3v) is 5.12. The SMILES string of the molecule is COc1cc(-c2cnc(C)s2)c(F)cc1B1OC(C)C(C)(C)O1. The maximum Gasteiger partial charge on any atom is 0.498 e. The Hall–Kier alpha value is -1.44. The Balaban J connectivity index is 2.01. The second-order valence-corrected chi connectivity index (χ2v) is 7.38. The Morgan fingerprint density at radius 1 is 1.39 bits per heavy atom. The molecule has 1 aliphatic rings. The van der Waals surface area contributed by atoms with E-state index in [2.05, 4.69) is 4.98 Å². The van der Waals surface area contributed by atoms with Gasteiger partial charge in [0.2, 0.25) is 0 Å². The molecule has 2 aromatic rings. The Bertz CT molecular complexity index is 734. The molecule has 3 rings (SSSR count). The predicted molar refractivity (Wildman–Crippen MR) is 89.9 cm³/mol. The van der Waals surface area contributed by atoms with Gasteiger partial charge in [-0.25, -0.2) is 9.37 Å². The lowest BCUT2D eigenvalue weighted by molar-refractivity contribution is 0.0842. The number of nitrogens with zero attached hydrogens (tertiary/aromatic N) is 1. The summed E-state index contributed by atoms with van der Waals surface area (Å²) in [5.74, 6) is 0.205. The van der Waals surface area contributed by atoms with E-state index in [1.807, 2.05) is 27.7 Å². The minimum absolute atomic E-state index is 0.0934. The maximum atomic E-state index is 14.6. The molecule has 2 heterocycles. The lowest BCUT2D eigenvalue weighted by Crippen LogP contribution is -2.36. The average Bonchev–Trinajstić information content (AvgIpc) is 3.02. The van der Waals surface area contributed by atoms with E-state index in [-0.39, 0.29) is 11.9 Å². The first-order valence-corrected chi connectivity index (χ1v) is 8.27. The first-order chi connectivity index (χ1) is 10.8. The van der Waals surface area contributed by atoms with Gasteiger partial charge >= 0.3 is 7.12 Å². The highest BCUT2D eigenvalue weighted by molar-refractivity contribution is 7.15. The zero-order chi connectivity index (χ0) is 16.8. The first-order valence-electron chi connectivity index (χ1n) is 7.45. The summed E-state index contributed by atoms with van der Waals surface area (Å²) in [6, 6.07) is 3.11. The van der Waals surface area contributed by atoms with Crippen LogP contribution in [0.1, 0.15) is 25.8 Å². The molecule has 0 aliphatic carbocycles. The van der Waals surface area contributed by atoms with E-state index < -0.39 is 12.7 Å². The largest absolute Gasteiger partial charge is 0.498 e. The normalized spacial score (nSPS) is 20.1. The highest BCUT2D eigenvalue weighted by atomic mass is 32.1. The van der Waals surface area contributed by atoms with Gasteiger partial charge in [0, 0.05) is 17.2 Å². The van der Waals surface area contributed by atoms with E-state index in [1.165, 1.54) is 17.4 Å². The quantitative estimate of drug-likeness (QED) is 0.808. The van der Waals surface area contributed by atoms with Crippen LogP contribution < -0.4 is 10.2 Å². The average molecular weight is 335 g/mol. The van der Waals surface area contributed by atoms with E-state index in [0.29, 0.717) is 16.8 Å². The molecule has 122 valence electrons. The van der Waals surface area contributed by atoms with Gasteiger partial charge in [-0.15, -0.1) is 11.3 Å². The van der Waals surface area contributed by atoms with Gasteiger partial charge in [0.1, 0.15) is 11.6 Å². The number of halogens is 1. The molecule has 0 N–H and O–H groups in total. The van der Waals surface area contributed by atoms with Crippen molar-refractivity contribution >= 4 is 23.9 Å². The molecule has 0 amide bonds. The van der Waals surface area contributed by atoms with Gasteiger partial charge < -0.3 is 14.0 Å². The predicted octanol–water partition coefficient (Wildman–Crippen LogP) is 3.18. The molecule has 23 heavy (non-hydrogen) atoms. The van der Waals surface area contributed by atoms with Gasteiger partial charge in [-0.05, 0) is 39.8 Å². The molecule has 1 unspecified atom stereocenters. The summed E-state index contributed by atoms with van der Waals surface area (Å²) in [5.41, 5.74) is 0.605. The number of hydrogen-bond acceptors (Lipinski definition) is 5. The molecule has 1 atom stereocenters. The number of ether oxygens (including phenoxy) is 1. The summed E-state index contributed by atoms with van der Waals surface area (Å²) in [5, 5.41) is 0.889. The van der Waals surface area contributed by atoms with Crippen LogP contribution in [0.15, 0.2) is 18.3 Å². The molecule has 1 aromatic heterocycles. The molecular weight excluding hydrogens is 316 g/mol. The lowest BCUT2D eigenvalue weighted by Gasteiger charge is -2.21. The molecular formula is C16H19BFNO3S. The van der Waals surface area contributed by atoms with Gasteiger partial charge in [-0.2, -0.15) is 0 Å². The summed E-state index contributed by atoms with van der Waals surface area (Å²) < 4.78 is 31.8. The van der Waals surface area contributed by atoms with Crippen molar-refractivity contribution in [2.45, 2.75) is 39.4 Å². The summed E-state index contributed by atoms with van der Waals surface area (Å²) in [7, 11) is 0.920. The van der Waals surface area contributed by atoms with Gasteiger partial charge in [0.15, 0.2) is 0 Å². The monoisotopic (exact) mass is 335 g/mol. The maximum absolute atomic E-state index is 14.6. The summed E-state index contributed by atoms with van der Waals surface area (Å²) in [4.78, 5) is 4.95. The molecule has 0 radical (unpaired) electrons. The van der Waals surface area contributed by atoms with E-state index in [4.69, 9.17) is 14.0 Å². The van der Waals surface area contributed by atoms with E-state index in [1.54, 1.807) is 19.4 Å². The van der Waals surface area contributed by atoms with Crippen molar-refractivity contribution in [2.24, 2.45) is 0 Å². The van der Waals surface area contributed by atoms with Crippen LogP contribution in [0.2, 0.25) is 0 Å². The van der Waals surface area contributed by atoms with Crippen LogP contribution in [0, 0.1) is 12.7 Å². The van der Waals surface area contributed by atoms with Crippen molar-refractivity contribution in [3.05, 3.63) is 29.2 Å². The summed E-state index contributed by atoms with van der Waals surface area (Å²) in [6.07, 6.45) is 1.58. The molecule has 1 aromatic carbocycles. The van der Waals surface area contributed by atoms with Crippen LogP contribution >= 0.6 is 11.3 Å². The van der Waals surface area contributed by atoms with Crippen LogP contribution in [0.5, 0.6) is 5.75 Å². The number of aromatic nitrogens is 1. The van der Waals surface area contributed by atoms with Crippen LogP contribution in [-0.4, -0.2) is 30.9 Å². The Kier molecular flexibility index (Phi) is 4.20. The van der Waals surface area contributed by atoms with Crippen molar-refractivity contribution in [1.82, 2.24) is 4.98 Å². The molecule has 0 saturated carbocycles. The minimum Gasteiger partial charge on any atom is -0.497 e. The van der Waals surface area contributed by atoms with Crippen molar-refractivity contribution in [2.75, 3.05) is 7.11 Å². The third kappa shape index (κ3) is 3.01. The second-order valence-electron chi connectivity index (χ2n) is 6.15. The Labute approximate surface area is 139 Å². The Morgan fingerprint density at radius 2 is 2.13 bits per heavy atom. The van der Waals surface area contributed by atoms with E-state index in [9.17, 15) is 4.39 Å². The van der Waals surface area contributed by atoms with E-state index in [0.717, 1.165) is 9.88 Å². The molecule has 1 saturated heterocycles. The number of thiazole rings is 1. The smallest absolute Gasteiger partial charge is 0.497 e. The molecule has 1 aliphatic heterocycles. The highest BCUT2D eigenvalue weighted by Crippen LogP contribution is 2.33. The highest BCUT2D eigenvalue weighted by Gasteiger charge is 2.45. The molecule has 1 fully saturated rings. The van der Waals surface area contributed by atoms with Gasteiger partial charge in [-0.1, -0.05) is 0 Å². The van der Waals surface area contributed by atoms with Crippen molar-refractivity contribution < 1.29 is 18.4 Å². The number of aryl methyl sites for hydroxylation is 1. The van der Waals surface area contributed by atoms with Crippen molar-refractivity contribution in [3.8, 4) is 16.2 Å². The number of methoxy groups -OCH3 is 1. The van der Waals surface area contributed by atoms with Gasteiger partial charge in [0.05, 0.1) is 28.7 Å². The van der Waals surface area contributed by atoms with Crippen LogP contribution in [0.25, 0.3) is 10.4 Å². The standard InChI is InChI=1S/C16H19BFNO3S/c1-9-16(3,4)22-17(21-9)12-7-13(18)11(6-14(12)20-5)15-8-19-10(2)23-15/h6-9H,1-5H3. The molecule has 4 nitrogen and oxygen atoms in total. The second kappa shape index (κ2) is 5.89. The van der Waals surface area contributed by atoms with Crippen molar-refractivity contribution in [1.29, 1.82) is 0 Å². The zero-order valence-corrected chi connectivity index (χ0v) is 14.7. The fourth-order valence-electron chi connectivity index (χ4n) is 2.49. The fourth-order valence-corrected chi connectivity index (χ4v) is 3.29. The number of rotatable bonds is 3. The lowest BCUT2D eigenvalue weighted by atomic mass is 9.77. The van der Waals surface area contributed by atoms with Gasteiger partial charge in [0.25, 0.3) is 0 Å². The zero-order valence-electron chi connectivity index (χ0n) is 13.8. The third-order valence-electron chi connectivity index (χ3n) is 4.18. The van der Waals surface area contributed by atoms with Crippen LogP contribution in [-0.2, 0) is 9.31 Å². The minimum atomic E-state index is -0.637. The number of hydrogen-bond donors (Lipinski definition) is 0. The number of benzene rings is 1. The van der Waals surface area contributed by atoms with Crippen molar-refractivity contribution in [3.63, 3.8) is 0 Å². The summed E-state index contributed by atoms with van der Waals surface area (Å²) in [6.45, 7) is 7.74. The fraction of sp³-hybridized carbons (Fsp3) is 0.438. The Morgan fingerprint density at radius 3 is 2.65 bits per heavy atom. The van der Waals surface area contributed by atoms with E-state index >= 15 is 0 Å². The molecule has 7 heteroatoms. The van der Waals surface area contributed by atoms with Crippen LogP contribution in [0.3, 0.4) is 0 Å². The first kappa shape index (κ1) is 16.4. The topological polar surface area (TPSA) is 40.6 Å². The molecule has 0 bridgehead atoms. The van der Waals surface area contributed by atoms with Gasteiger partial charge in [-0.3, -0.25) is 0 Å².